The number of amides is 1. The summed E-state index contributed by atoms with van der Waals surface area (Å²) in [5.74, 6) is 1.34. The van der Waals surface area contributed by atoms with Crippen molar-refractivity contribution in [2.45, 2.75) is 32.2 Å². The SMILES string of the molecule is Cc1nc(N2CCCC(NC(=O)CC#N)C2)c2c(nnc3nccc32)[nH]1. The van der Waals surface area contributed by atoms with Gasteiger partial charge >= 0.3 is 0 Å². The average molecular weight is 350 g/mol. The summed E-state index contributed by atoms with van der Waals surface area (Å²) in [7, 11) is 0. The Morgan fingerprint density at radius 2 is 2.38 bits per heavy atom. The number of carbonyl (C=O) groups excluding carboxylic acids is 1. The number of nitrogens with zero attached hydrogens (tertiary/aromatic N) is 6. The highest BCUT2D eigenvalue weighted by Gasteiger charge is 2.25. The van der Waals surface area contributed by atoms with Gasteiger partial charge in [0.1, 0.15) is 18.1 Å². The van der Waals surface area contributed by atoms with E-state index in [0.717, 1.165) is 41.8 Å². The van der Waals surface area contributed by atoms with Crippen molar-refractivity contribution in [2.24, 2.45) is 0 Å². The summed E-state index contributed by atoms with van der Waals surface area (Å²) in [6.45, 7) is 3.36. The van der Waals surface area contributed by atoms with Crippen LogP contribution >= 0.6 is 0 Å². The van der Waals surface area contributed by atoms with Crippen LogP contribution in [0.3, 0.4) is 0 Å². The van der Waals surface area contributed by atoms with Crippen molar-refractivity contribution in [2.75, 3.05) is 18.0 Å². The van der Waals surface area contributed by atoms with Crippen molar-refractivity contribution < 1.29 is 4.79 Å². The Kier molecular flexibility index (Phi) is 4.08. The largest absolute Gasteiger partial charge is 0.354 e. The van der Waals surface area contributed by atoms with E-state index < -0.39 is 0 Å². The molecule has 0 spiro atoms. The summed E-state index contributed by atoms with van der Waals surface area (Å²) in [6, 6.07) is 3.79. The van der Waals surface area contributed by atoms with Crippen LogP contribution in [0.25, 0.3) is 22.1 Å². The standard InChI is InChI=1S/C17H18N8O/c1-10-20-16-14(12-5-7-19-15(12)23-24-16)17(21-10)25-8-2-3-11(9-25)22-13(26)4-6-18/h5,7,11H,2-4,8-9H2,1H3,(H,22,26)(H,20,21,24). The van der Waals surface area contributed by atoms with Gasteiger partial charge in [-0.15, -0.1) is 10.2 Å². The monoisotopic (exact) mass is 350 g/mol. The van der Waals surface area contributed by atoms with Crippen molar-refractivity contribution in [3.05, 3.63) is 18.1 Å². The number of nitriles is 1. The first-order valence-electron chi connectivity index (χ1n) is 8.54. The van der Waals surface area contributed by atoms with Crippen molar-refractivity contribution in [3.63, 3.8) is 0 Å². The van der Waals surface area contributed by atoms with E-state index in [1.54, 1.807) is 6.20 Å². The number of aromatic nitrogens is 5. The molecular weight excluding hydrogens is 332 g/mol. The number of carbonyl (C=O) groups is 1. The maximum Gasteiger partial charge on any atom is 0.234 e. The molecule has 0 bridgehead atoms. The summed E-state index contributed by atoms with van der Waals surface area (Å²) >= 11 is 0. The molecular formula is C17H18N8O. The topological polar surface area (TPSA) is 123 Å². The number of fused-ring (bicyclic) bond motifs is 3. The molecule has 3 aromatic heterocycles. The maximum atomic E-state index is 11.8. The van der Waals surface area contributed by atoms with Crippen LogP contribution in [0, 0.1) is 18.3 Å². The van der Waals surface area contributed by atoms with E-state index >= 15 is 0 Å². The van der Waals surface area contributed by atoms with Gasteiger partial charge in [-0.05, 0) is 25.8 Å². The lowest BCUT2D eigenvalue weighted by Gasteiger charge is -2.34. The molecule has 1 fully saturated rings. The van der Waals surface area contributed by atoms with Gasteiger partial charge in [0.25, 0.3) is 0 Å². The Balaban J connectivity index is 1.72. The number of hydrogen-bond acceptors (Lipinski definition) is 7. The Morgan fingerprint density at radius 1 is 1.50 bits per heavy atom. The fourth-order valence-electron chi connectivity index (χ4n) is 3.47. The zero-order valence-corrected chi connectivity index (χ0v) is 14.4. The van der Waals surface area contributed by atoms with E-state index in [-0.39, 0.29) is 18.4 Å². The fraction of sp³-hybridized carbons (Fsp3) is 0.412. The first-order valence-corrected chi connectivity index (χ1v) is 8.54. The lowest BCUT2D eigenvalue weighted by Crippen LogP contribution is -2.48. The number of anilines is 1. The minimum absolute atomic E-state index is 0.00554. The van der Waals surface area contributed by atoms with Gasteiger partial charge in [-0.25, -0.2) is 9.97 Å². The van der Waals surface area contributed by atoms with E-state index in [2.05, 4.69) is 30.4 Å². The predicted molar refractivity (Wildman–Crippen MR) is 95.3 cm³/mol. The third kappa shape index (κ3) is 2.90. The van der Waals surface area contributed by atoms with Gasteiger partial charge in [0.15, 0.2) is 11.3 Å². The molecule has 1 saturated heterocycles. The molecule has 3 aromatic rings. The van der Waals surface area contributed by atoms with Gasteiger partial charge < -0.3 is 15.2 Å². The number of piperidine rings is 1. The molecule has 9 nitrogen and oxygen atoms in total. The predicted octanol–water partition coefficient (Wildman–Crippen LogP) is 1.21. The van der Waals surface area contributed by atoms with Gasteiger partial charge in [-0.1, -0.05) is 0 Å². The number of aromatic amines is 1. The maximum absolute atomic E-state index is 11.8. The molecule has 1 aliphatic rings. The van der Waals surface area contributed by atoms with Crippen LogP contribution in [0.4, 0.5) is 5.82 Å². The molecule has 26 heavy (non-hydrogen) atoms. The molecule has 1 aliphatic heterocycles. The molecule has 2 N–H and O–H groups in total. The van der Waals surface area contributed by atoms with Crippen LogP contribution in [-0.2, 0) is 4.79 Å². The highest BCUT2D eigenvalue weighted by molar-refractivity contribution is 6.07. The number of H-pyrrole nitrogens is 1. The number of aryl methyl sites for hydroxylation is 1. The van der Waals surface area contributed by atoms with E-state index in [1.165, 1.54) is 0 Å². The van der Waals surface area contributed by atoms with Gasteiger partial charge in [0.2, 0.25) is 5.91 Å². The number of rotatable bonds is 3. The van der Waals surface area contributed by atoms with E-state index in [1.807, 2.05) is 19.1 Å². The second-order valence-corrected chi connectivity index (χ2v) is 6.44. The second-order valence-electron chi connectivity index (χ2n) is 6.44. The van der Waals surface area contributed by atoms with E-state index in [9.17, 15) is 4.79 Å². The summed E-state index contributed by atoms with van der Waals surface area (Å²) in [5, 5.41) is 21.8. The molecule has 9 heteroatoms. The molecule has 1 unspecified atom stereocenters. The lowest BCUT2D eigenvalue weighted by molar-refractivity contribution is -0.120. The molecule has 0 aliphatic carbocycles. The molecule has 132 valence electrons. The summed E-state index contributed by atoms with van der Waals surface area (Å²) in [6.07, 6.45) is 3.41. The number of nitrogens with one attached hydrogen (secondary N) is 2. The van der Waals surface area contributed by atoms with Gasteiger partial charge in [-0.3, -0.25) is 4.79 Å². The Labute approximate surface area is 149 Å². The Hall–Kier alpha value is -3.28. The summed E-state index contributed by atoms with van der Waals surface area (Å²) < 4.78 is 0. The van der Waals surface area contributed by atoms with Crippen LogP contribution in [-0.4, -0.2) is 50.2 Å². The summed E-state index contributed by atoms with van der Waals surface area (Å²) in [5.41, 5.74) is 1.26. The molecule has 0 saturated carbocycles. The molecule has 0 aromatic carbocycles. The quantitative estimate of drug-likeness (QED) is 0.727. The van der Waals surface area contributed by atoms with Crippen LogP contribution in [0.2, 0.25) is 0 Å². The van der Waals surface area contributed by atoms with E-state index in [4.69, 9.17) is 10.2 Å². The molecule has 1 amide bonds. The summed E-state index contributed by atoms with van der Waals surface area (Å²) in [4.78, 5) is 26.0. The molecule has 0 radical (unpaired) electrons. The van der Waals surface area contributed by atoms with Crippen molar-refractivity contribution in [1.29, 1.82) is 5.26 Å². The smallest absolute Gasteiger partial charge is 0.234 e. The van der Waals surface area contributed by atoms with Gasteiger partial charge in [0.05, 0.1) is 11.5 Å². The number of hydrogen-bond donors (Lipinski definition) is 2. The third-order valence-corrected chi connectivity index (χ3v) is 4.55. The minimum Gasteiger partial charge on any atom is -0.354 e. The second kappa shape index (κ2) is 6.55. The first-order chi connectivity index (χ1) is 12.7. The van der Waals surface area contributed by atoms with Crippen LogP contribution in [0.5, 0.6) is 0 Å². The molecule has 1 atom stereocenters. The van der Waals surface area contributed by atoms with Crippen molar-refractivity contribution in [3.8, 4) is 6.07 Å². The van der Waals surface area contributed by atoms with Crippen LogP contribution in [0.15, 0.2) is 12.3 Å². The van der Waals surface area contributed by atoms with E-state index in [0.29, 0.717) is 17.8 Å². The highest BCUT2D eigenvalue weighted by Crippen LogP contribution is 2.30. The zero-order chi connectivity index (χ0) is 18.1. The minimum atomic E-state index is -0.233. The highest BCUT2D eigenvalue weighted by atomic mass is 16.1. The third-order valence-electron chi connectivity index (χ3n) is 4.55. The van der Waals surface area contributed by atoms with Gasteiger partial charge in [-0.2, -0.15) is 5.26 Å². The normalized spacial score (nSPS) is 17.4. The Morgan fingerprint density at radius 3 is 3.23 bits per heavy atom. The fourth-order valence-corrected chi connectivity index (χ4v) is 3.47. The van der Waals surface area contributed by atoms with Gasteiger partial charge in [0, 0.05) is 30.7 Å². The van der Waals surface area contributed by atoms with Crippen molar-refractivity contribution in [1.82, 2.24) is 30.5 Å². The zero-order valence-electron chi connectivity index (χ0n) is 14.4. The Bertz CT molecular complexity index is 1020. The van der Waals surface area contributed by atoms with Crippen LogP contribution < -0.4 is 10.2 Å². The average Bonchev–Trinajstić information content (AvgIpc) is 3.10. The molecule has 4 rings (SSSR count). The first kappa shape index (κ1) is 16.2. The molecule has 4 heterocycles. The van der Waals surface area contributed by atoms with Crippen LogP contribution in [0.1, 0.15) is 25.1 Å². The lowest BCUT2D eigenvalue weighted by atomic mass is 10.0. The van der Waals surface area contributed by atoms with Crippen molar-refractivity contribution >= 4 is 33.8 Å².